The predicted molar refractivity (Wildman–Crippen MR) is 180 cm³/mol. The molecule has 2 bridgehead atoms. The van der Waals surface area contributed by atoms with Crippen molar-refractivity contribution in [3.63, 3.8) is 0 Å². The summed E-state index contributed by atoms with van der Waals surface area (Å²) in [6.07, 6.45) is 31.0. The van der Waals surface area contributed by atoms with Crippen LogP contribution < -0.4 is 0 Å². The largest absolute Gasteiger partial charge is 0.359 e. The molecule has 0 spiro atoms. The Morgan fingerprint density at radius 3 is 2.05 bits per heavy atom. The van der Waals surface area contributed by atoms with Gasteiger partial charge in [0, 0.05) is 16.4 Å². The average Bonchev–Trinajstić information content (AvgIpc) is 3.32. The van der Waals surface area contributed by atoms with Crippen molar-refractivity contribution in [1.29, 1.82) is 0 Å². The fourth-order valence-electron chi connectivity index (χ4n) is 6.06. The lowest BCUT2D eigenvalue weighted by Gasteiger charge is -2.40. The lowest BCUT2D eigenvalue weighted by Crippen LogP contribution is -2.47. The maximum Gasteiger partial charge on any atom is 0.167 e. The summed E-state index contributed by atoms with van der Waals surface area (Å²) in [5.41, 5.74) is 6.58. The zero-order chi connectivity index (χ0) is 31.1. The Hall–Kier alpha value is -3.41. The minimum atomic E-state index is -0.501. The number of hydrogen-bond acceptors (Lipinski definition) is 2. The summed E-state index contributed by atoms with van der Waals surface area (Å²) in [4.78, 5) is 12.4. The Balaban J connectivity index is 1.52. The SMILES string of the molecule is CC(C#CC1=C(C)C=CCC1(C)C)=CC=CC(C)=CC=CC=C(C)C=CC=C(C)C=CC12OC(CC1(C)C)C(=O)C2C. The number of ketones is 1. The van der Waals surface area contributed by atoms with Crippen molar-refractivity contribution in [2.24, 2.45) is 16.7 Å². The molecule has 42 heavy (non-hydrogen) atoms. The third-order valence-electron chi connectivity index (χ3n) is 8.78. The number of carbonyl (C=O) groups is 1. The summed E-state index contributed by atoms with van der Waals surface area (Å²) >= 11 is 0. The van der Waals surface area contributed by atoms with Crippen molar-refractivity contribution < 1.29 is 9.53 Å². The standard InChI is InChI=1S/C40H50O2/c1-29(18-13-20-31(3)23-24-35-33(5)22-15-26-38(35,7)8)16-11-12-17-30(2)19-14-21-32(4)25-27-40-34(6)37(41)36(42-40)28-39(40,9)10/h11-22,25,27,34,36H,26,28H2,1-10H3. The first kappa shape index (κ1) is 33.1. The highest BCUT2D eigenvalue weighted by molar-refractivity contribution is 5.90. The molecule has 0 amide bonds. The highest BCUT2D eigenvalue weighted by Gasteiger charge is 2.65. The van der Waals surface area contributed by atoms with Crippen LogP contribution in [-0.4, -0.2) is 17.5 Å². The van der Waals surface area contributed by atoms with Gasteiger partial charge >= 0.3 is 0 Å². The fourth-order valence-corrected chi connectivity index (χ4v) is 6.06. The van der Waals surface area contributed by atoms with Gasteiger partial charge in [-0.25, -0.2) is 0 Å². The molecule has 2 heterocycles. The van der Waals surface area contributed by atoms with Crippen molar-refractivity contribution in [3.8, 4) is 11.8 Å². The number of rotatable bonds is 8. The minimum absolute atomic E-state index is 0.0440. The summed E-state index contributed by atoms with van der Waals surface area (Å²) in [6, 6.07) is 0. The van der Waals surface area contributed by atoms with E-state index in [-0.39, 0.29) is 28.6 Å². The number of ether oxygens (including phenoxy) is 1. The van der Waals surface area contributed by atoms with Crippen LogP contribution in [0.2, 0.25) is 0 Å². The van der Waals surface area contributed by atoms with Crippen LogP contribution in [0.3, 0.4) is 0 Å². The van der Waals surface area contributed by atoms with Crippen LogP contribution in [0, 0.1) is 28.6 Å². The van der Waals surface area contributed by atoms with Gasteiger partial charge in [-0.05, 0) is 58.6 Å². The second kappa shape index (κ2) is 13.7. The van der Waals surface area contributed by atoms with E-state index in [1.165, 1.54) is 16.7 Å². The molecule has 0 aromatic rings. The highest BCUT2D eigenvalue weighted by Crippen LogP contribution is 2.57. The molecule has 2 heteroatoms. The fraction of sp³-hybridized carbons (Fsp3) is 0.425. The maximum atomic E-state index is 12.4. The van der Waals surface area contributed by atoms with Crippen LogP contribution >= 0.6 is 0 Å². The molecule has 0 aromatic carbocycles. The van der Waals surface area contributed by atoms with Crippen LogP contribution in [-0.2, 0) is 9.53 Å². The summed E-state index contributed by atoms with van der Waals surface area (Å²) in [5, 5.41) is 0. The number of allylic oxidation sites excluding steroid dienone is 19. The van der Waals surface area contributed by atoms with Gasteiger partial charge in [-0.15, -0.1) is 0 Å². The molecule has 2 fully saturated rings. The molecule has 3 unspecified atom stereocenters. The van der Waals surface area contributed by atoms with E-state index in [0.29, 0.717) is 0 Å². The van der Waals surface area contributed by atoms with Crippen LogP contribution in [0.15, 0.2) is 119 Å². The first-order valence-electron chi connectivity index (χ1n) is 15.2. The summed E-state index contributed by atoms with van der Waals surface area (Å²) < 4.78 is 6.22. The van der Waals surface area contributed by atoms with Gasteiger partial charge in [-0.1, -0.05) is 148 Å². The maximum absolute atomic E-state index is 12.4. The van der Waals surface area contributed by atoms with Gasteiger partial charge in [-0.2, -0.15) is 0 Å². The van der Waals surface area contributed by atoms with E-state index < -0.39 is 5.60 Å². The van der Waals surface area contributed by atoms with Crippen LogP contribution in [0.4, 0.5) is 0 Å². The predicted octanol–water partition coefficient (Wildman–Crippen LogP) is 10.1. The second-order valence-electron chi connectivity index (χ2n) is 13.4. The molecule has 1 aliphatic carbocycles. The van der Waals surface area contributed by atoms with Gasteiger partial charge in [0.2, 0.25) is 0 Å². The van der Waals surface area contributed by atoms with Gasteiger partial charge in [0.25, 0.3) is 0 Å². The third kappa shape index (κ3) is 7.90. The first-order valence-corrected chi connectivity index (χ1v) is 15.2. The van der Waals surface area contributed by atoms with Crippen LogP contribution in [0.5, 0.6) is 0 Å². The van der Waals surface area contributed by atoms with E-state index in [1.54, 1.807) is 0 Å². The topological polar surface area (TPSA) is 26.3 Å². The first-order chi connectivity index (χ1) is 19.7. The summed E-state index contributed by atoms with van der Waals surface area (Å²) in [6.45, 7) is 21.4. The van der Waals surface area contributed by atoms with E-state index in [4.69, 9.17) is 4.74 Å². The molecule has 3 rings (SSSR count). The number of carbonyl (C=O) groups excluding carboxylic acids is 1. The summed E-state index contributed by atoms with van der Waals surface area (Å²) in [7, 11) is 0. The molecular formula is C40H50O2. The Kier molecular flexibility index (Phi) is 10.8. The van der Waals surface area contributed by atoms with E-state index in [9.17, 15) is 4.79 Å². The monoisotopic (exact) mass is 562 g/mol. The zero-order valence-corrected chi connectivity index (χ0v) is 27.5. The molecule has 222 valence electrons. The third-order valence-corrected chi connectivity index (χ3v) is 8.78. The van der Waals surface area contributed by atoms with Gasteiger partial charge < -0.3 is 4.74 Å². The normalized spacial score (nSPS) is 28.3. The Morgan fingerprint density at radius 1 is 0.881 bits per heavy atom. The lowest BCUT2D eigenvalue weighted by molar-refractivity contribution is -0.125. The molecule has 0 aromatic heterocycles. The van der Waals surface area contributed by atoms with E-state index in [0.717, 1.165) is 29.6 Å². The minimum Gasteiger partial charge on any atom is -0.359 e. The smallest absolute Gasteiger partial charge is 0.167 e. The molecule has 0 N–H and O–H groups in total. The molecule has 0 saturated carbocycles. The van der Waals surface area contributed by atoms with Crippen molar-refractivity contribution >= 4 is 5.78 Å². The van der Waals surface area contributed by atoms with Crippen LogP contribution in [0.1, 0.15) is 82.1 Å². The number of hydrogen-bond donors (Lipinski definition) is 0. The van der Waals surface area contributed by atoms with Crippen molar-refractivity contribution in [2.45, 2.75) is 93.8 Å². The number of fused-ring (bicyclic) bond motifs is 2. The van der Waals surface area contributed by atoms with Crippen LogP contribution in [0.25, 0.3) is 0 Å². The Labute approximate surface area is 255 Å². The quantitative estimate of drug-likeness (QED) is 0.217. The second-order valence-corrected chi connectivity index (χ2v) is 13.4. The van der Waals surface area contributed by atoms with Gasteiger partial charge in [-0.3, -0.25) is 4.79 Å². The molecular weight excluding hydrogens is 512 g/mol. The zero-order valence-electron chi connectivity index (χ0n) is 27.5. The van der Waals surface area contributed by atoms with E-state index in [1.807, 2.05) is 6.92 Å². The molecule has 3 aliphatic rings. The summed E-state index contributed by atoms with van der Waals surface area (Å²) in [5.74, 6) is 6.89. The average molecular weight is 563 g/mol. The van der Waals surface area contributed by atoms with E-state index in [2.05, 4.69) is 159 Å². The van der Waals surface area contributed by atoms with Gasteiger partial charge in [0.15, 0.2) is 5.78 Å². The Bertz CT molecular complexity index is 1430. The molecule has 2 nitrogen and oxygen atoms in total. The molecule has 2 aliphatic heterocycles. The molecule has 0 radical (unpaired) electrons. The van der Waals surface area contributed by atoms with Crippen molar-refractivity contribution in [3.05, 3.63) is 119 Å². The van der Waals surface area contributed by atoms with Crippen molar-refractivity contribution in [1.82, 2.24) is 0 Å². The van der Waals surface area contributed by atoms with E-state index >= 15 is 0 Å². The Morgan fingerprint density at radius 2 is 1.45 bits per heavy atom. The lowest BCUT2D eigenvalue weighted by atomic mass is 9.62. The highest BCUT2D eigenvalue weighted by atomic mass is 16.5. The van der Waals surface area contributed by atoms with Gasteiger partial charge in [0.05, 0.1) is 5.92 Å². The molecule has 2 saturated heterocycles. The number of Topliss-reactive ketones (excluding diaryl/α,β-unsaturated/α-hetero) is 1. The molecule has 3 atom stereocenters. The van der Waals surface area contributed by atoms with Gasteiger partial charge in [0.1, 0.15) is 11.7 Å². The van der Waals surface area contributed by atoms with Crippen molar-refractivity contribution in [2.75, 3.05) is 0 Å².